The quantitative estimate of drug-likeness (QED) is 0.207. The van der Waals surface area contributed by atoms with Gasteiger partial charge in [-0.25, -0.2) is 0 Å². The molecule has 4 rings (SSSR count). The van der Waals surface area contributed by atoms with Gasteiger partial charge < -0.3 is 14.4 Å². The van der Waals surface area contributed by atoms with Gasteiger partial charge in [-0.15, -0.1) is 0 Å². The summed E-state index contributed by atoms with van der Waals surface area (Å²) < 4.78 is 5.32. The van der Waals surface area contributed by atoms with Crippen molar-refractivity contribution in [1.29, 1.82) is 0 Å². The fraction of sp³-hybridized carbons (Fsp3) is 0.0909. The van der Waals surface area contributed by atoms with Gasteiger partial charge in [-0.1, -0.05) is 11.6 Å². The summed E-state index contributed by atoms with van der Waals surface area (Å²) >= 11 is 5.90. The number of halogens is 1. The molecule has 1 unspecified atom stereocenters. The molecule has 0 aliphatic carbocycles. The van der Waals surface area contributed by atoms with Crippen molar-refractivity contribution >= 4 is 34.7 Å². The minimum absolute atomic E-state index is 0.0172. The number of nitro benzene ring substituents is 1. The molecule has 0 spiro atoms. The summed E-state index contributed by atoms with van der Waals surface area (Å²) in [5.41, 5.74) is 0.497. The third-order valence-corrected chi connectivity index (χ3v) is 5.24. The summed E-state index contributed by atoms with van der Waals surface area (Å²) in [5, 5.41) is 22.4. The van der Waals surface area contributed by atoms with Crippen molar-refractivity contribution in [1.82, 2.24) is 4.90 Å². The van der Waals surface area contributed by atoms with Gasteiger partial charge in [-0.2, -0.15) is 0 Å². The number of non-ortho nitro benzene ring substituents is 1. The normalized spacial score (nSPS) is 17.8. The number of likely N-dealkylation sites (tertiary alicyclic amines) is 1. The van der Waals surface area contributed by atoms with E-state index >= 15 is 0 Å². The Balaban J connectivity index is 1.85. The van der Waals surface area contributed by atoms with Crippen molar-refractivity contribution in [2.45, 2.75) is 12.6 Å². The third-order valence-electron chi connectivity index (χ3n) is 4.98. The van der Waals surface area contributed by atoms with Gasteiger partial charge in [0.1, 0.15) is 11.5 Å². The number of aliphatic hydroxyl groups excluding tert-OH is 1. The number of carbonyl (C=O) groups is 2. The maximum atomic E-state index is 12.9. The standard InChI is InChI=1S/C22H15ClN2O6/c23-15-7-3-14(4-8-15)20(26)18-19(13-5-9-16(10-6-13)25(29)30)24(22(28)21(18)27)12-17-2-1-11-31-17/h1-11,19,26H,12H2/b20-18-. The number of furan rings is 1. The maximum absolute atomic E-state index is 12.9. The zero-order chi connectivity index (χ0) is 22.1. The highest BCUT2D eigenvalue weighted by Crippen LogP contribution is 2.40. The maximum Gasteiger partial charge on any atom is 0.296 e. The first kappa shape index (κ1) is 20.4. The van der Waals surface area contributed by atoms with Crippen molar-refractivity contribution in [2.24, 2.45) is 0 Å². The lowest BCUT2D eigenvalue weighted by atomic mass is 9.95. The van der Waals surface area contributed by atoms with Gasteiger partial charge in [0, 0.05) is 22.7 Å². The molecule has 0 radical (unpaired) electrons. The second-order valence-corrected chi connectivity index (χ2v) is 7.30. The van der Waals surface area contributed by atoms with Gasteiger partial charge >= 0.3 is 0 Å². The van der Waals surface area contributed by atoms with E-state index in [0.717, 1.165) is 0 Å². The number of rotatable bonds is 5. The van der Waals surface area contributed by atoms with Crippen LogP contribution in [0.3, 0.4) is 0 Å². The van der Waals surface area contributed by atoms with Gasteiger partial charge in [0.15, 0.2) is 0 Å². The van der Waals surface area contributed by atoms with E-state index in [2.05, 4.69) is 0 Å². The smallest absolute Gasteiger partial charge is 0.296 e. The summed E-state index contributed by atoms with van der Waals surface area (Å²) in [7, 11) is 0. The van der Waals surface area contributed by atoms with Gasteiger partial charge in [-0.05, 0) is 54.1 Å². The SMILES string of the molecule is O=C1C(=O)N(Cc2ccco2)C(c2ccc([N+](=O)[O-])cc2)/C1=C(/O)c1ccc(Cl)cc1. The number of nitro groups is 1. The first-order valence-electron chi connectivity index (χ1n) is 9.18. The molecule has 31 heavy (non-hydrogen) atoms. The largest absolute Gasteiger partial charge is 0.507 e. The van der Waals surface area contributed by atoms with Crippen molar-refractivity contribution in [3.05, 3.63) is 105 Å². The van der Waals surface area contributed by atoms with E-state index in [-0.39, 0.29) is 23.6 Å². The molecular weight excluding hydrogens is 424 g/mol. The van der Waals surface area contributed by atoms with Crippen LogP contribution in [-0.2, 0) is 16.1 Å². The molecule has 1 aliphatic rings. The van der Waals surface area contributed by atoms with Crippen LogP contribution in [0.15, 0.2) is 76.9 Å². The average molecular weight is 439 g/mol. The van der Waals surface area contributed by atoms with Gasteiger partial charge in [0.25, 0.3) is 17.4 Å². The van der Waals surface area contributed by atoms with Crippen LogP contribution in [0.2, 0.25) is 5.02 Å². The summed E-state index contributed by atoms with van der Waals surface area (Å²) in [6.45, 7) is -0.0172. The van der Waals surface area contributed by atoms with E-state index in [0.29, 0.717) is 21.9 Å². The highest BCUT2D eigenvalue weighted by molar-refractivity contribution is 6.46. The molecule has 156 valence electrons. The number of hydrogen-bond donors (Lipinski definition) is 1. The Hall–Kier alpha value is -3.91. The number of amides is 1. The molecular formula is C22H15ClN2O6. The van der Waals surface area contributed by atoms with Crippen molar-refractivity contribution < 1.29 is 24.0 Å². The van der Waals surface area contributed by atoms with Gasteiger partial charge in [-0.3, -0.25) is 19.7 Å². The van der Waals surface area contributed by atoms with Crippen molar-refractivity contribution in [3.8, 4) is 0 Å². The number of benzene rings is 2. The Morgan fingerprint density at radius 3 is 2.35 bits per heavy atom. The highest BCUT2D eigenvalue weighted by atomic mass is 35.5. The molecule has 2 heterocycles. The van der Waals surface area contributed by atoms with Crippen LogP contribution in [0.5, 0.6) is 0 Å². The molecule has 1 aromatic heterocycles. The van der Waals surface area contributed by atoms with Crippen LogP contribution >= 0.6 is 11.6 Å². The minimum Gasteiger partial charge on any atom is -0.507 e. The van der Waals surface area contributed by atoms with E-state index < -0.39 is 22.7 Å². The molecule has 1 atom stereocenters. The van der Waals surface area contributed by atoms with Crippen LogP contribution in [-0.4, -0.2) is 26.6 Å². The number of nitrogens with zero attached hydrogens (tertiary/aromatic N) is 2. The van der Waals surface area contributed by atoms with Crippen molar-refractivity contribution in [2.75, 3.05) is 0 Å². The minimum atomic E-state index is -0.957. The Morgan fingerprint density at radius 2 is 1.77 bits per heavy atom. The van der Waals surface area contributed by atoms with Crippen LogP contribution < -0.4 is 0 Å². The van der Waals surface area contributed by atoms with E-state index in [1.807, 2.05) is 0 Å². The molecule has 1 saturated heterocycles. The summed E-state index contributed by atoms with van der Waals surface area (Å²) in [5.74, 6) is -1.58. The predicted molar refractivity (Wildman–Crippen MR) is 111 cm³/mol. The molecule has 3 aromatic rings. The van der Waals surface area contributed by atoms with Crippen LogP contribution in [0.4, 0.5) is 5.69 Å². The van der Waals surface area contributed by atoms with Crippen LogP contribution in [0, 0.1) is 10.1 Å². The number of hydrogen-bond acceptors (Lipinski definition) is 6. The Labute approximate surface area is 181 Å². The number of aliphatic hydroxyl groups is 1. The fourth-order valence-corrected chi connectivity index (χ4v) is 3.63. The molecule has 8 nitrogen and oxygen atoms in total. The molecule has 1 fully saturated rings. The third kappa shape index (κ3) is 3.80. The number of Topliss-reactive ketones (excluding diaryl/α,β-unsaturated/α-hetero) is 1. The van der Waals surface area contributed by atoms with Crippen LogP contribution in [0.1, 0.15) is 22.9 Å². The second kappa shape index (κ2) is 8.08. The fourth-order valence-electron chi connectivity index (χ4n) is 3.50. The zero-order valence-corrected chi connectivity index (χ0v) is 16.7. The monoisotopic (exact) mass is 438 g/mol. The average Bonchev–Trinajstić information content (AvgIpc) is 3.36. The lowest BCUT2D eigenvalue weighted by Crippen LogP contribution is -2.29. The number of ketones is 1. The van der Waals surface area contributed by atoms with Gasteiger partial charge in [0.05, 0.1) is 29.3 Å². The first-order valence-corrected chi connectivity index (χ1v) is 9.55. The van der Waals surface area contributed by atoms with Gasteiger partial charge in [0.2, 0.25) is 0 Å². The molecule has 0 saturated carbocycles. The van der Waals surface area contributed by atoms with E-state index in [1.54, 1.807) is 24.3 Å². The topological polar surface area (TPSA) is 114 Å². The zero-order valence-electron chi connectivity index (χ0n) is 15.9. The summed E-state index contributed by atoms with van der Waals surface area (Å²) in [6, 6.07) is 14.0. The lowest BCUT2D eigenvalue weighted by molar-refractivity contribution is -0.384. The number of carbonyl (C=O) groups excluding carboxylic acids is 2. The first-order chi connectivity index (χ1) is 14.9. The van der Waals surface area contributed by atoms with Crippen LogP contribution in [0.25, 0.3) is 5.76 Å². The predicted octanol–water partition coefficient (Wildman–Crippen LogP) is 4.46. The second-order valence-electron chi connectivity index (χ2n) is 6.86. The summed E-state index contributed by atoms with van der Waals surface area (Å²) in [6.07, 6.45) is 1.44. The van der Waals surface area contributed by atoms with Crippen molar-refractivity contribution in [3.63, 3.8) is 0 Å². The molecule has 1 amide bonds. The summed E-state index contributed by atoms with van der Waals surface area (Å²) in [4.78, 5) is 37.5. The Morgan fingerprint density at radius 1 is 1.10 bits per heavy atom. The molecule has 1 N–H and O–H groups in total. The molecule has 9 heteroatoms. The van der Waals surface area contributed by atoms with E-state index in [4.69, 9.17) is 16.0 Å². The van der Waals surface area contributed by atoms with E-state index in [9.17, 15) is 24.8 Å². The molecule has 2 aromatic carbocycles. The molecule has 1 aliphatic heterocycles. The molecule has 0 bridgehead atoms. The lowest BCUT2D eigenvalue weighted by Gasteiger charge is -2.24. The highest BCUT2D eigenvalue weighted by Gasteiger charge is 2.46. The Kier molecular flexibility index (Phi) is 5.31. The Bertz CT molecular complexity index is 1180. The van der Waals surface area contributed by atoms with E-state index in [1.165, 1.54) is 47.6 Å².